The van der Waals surface area contributed by atoms with Crippen molar-refractivity contribution in [3.63, 3.8) is 0 Å². The van der Waals surface area contributed by atoms with Gasteiger partial charge in [-0.1, -0.05) is 49.7 Å². The number of hydrogen-bond acceptors (Lipinski definition) is 8. The van der Waals surface area contributed by atoms with E-state index in [1.165, 1.54) is 14.2 Å². The third-order valence-electron chi connectivity index (χ3n) is 7.70. The molecule has 3 N–H and O–H groups in total. The summed E-state index contributed by atoms with van der Waals surface area (Å²) in [5.41, 5.74) is 1.74. The van der Waals surface area contributed by atoms with E-state index in [0.717, 1.165) is 0 Å². The van der Waals surface area contributed by atoms with Crippen molar-refractivity contribution >= 4 is 35.1 Å². The van der Waals surface area contributed by atoms with Crippen molar-refractivity contribution in [2.75, 3.05) is 45.4 Å². The molecule has 2 amide bonds. The molecule has 0 saturated carbocycles. The second-order valence-electron chi connectivity index (χ2n) is 12.0. The molecule has 3 aromatic rings. The Bertz CT molecular complexity index is 1570. The molecule has 48 heavy (non-hydrogen) atoms. The summed E-state index contributed by atoms with van der Waals surface area (Å²) in [5.74, 6) is -0.239. The SMILES string of the molecule is COc1cccc([C@H]2O[C@H](CC(=O)NCCCOc3ccc(CC(=O)O)cc3)C(=O)N(CC(C)(C)CO)c3ccc(Cl)cc32)c1OC.[Ac]. The molecule has 13 heteroatoms. The first-order valence-corrected chi connectivity index (χ1v) is 15.6. The third kappa shape index (κ3) is 10.3. The van der Waals surface area contributed by atoms with Crippen LogP contribution in [0, 0.1) is 49.5 Å². The van der Waals surface area contributed by atoms with Crippen LogP contribution in [0.15, 0.2) is 60.7 Å². The minimum Gasteiger partial charge on any atom is -0.494 e. The second kappa shape index (κ2) is 18.2. The van der Waals surface area contributed by atoms with Gasteiger partial charge in [0.15, 0.2) is 11.5 Å². The minimum atomic E-state index is -1.18. The number of halogens is 1. The molecular formula is C35H41AcClN2O9. The topological polar surface area (TPSA) is 144 Å². The molecule has 1 aliphatic rings. The number of fused-ring (bicyclic) bond motifs is 1. The predicted molar refractivity (Wildman–Crippen MR) is 176 cm³/mol. The fourth-order valence-electron chi connectivity index (χ4n) is 5.31. The molecule has 2 atom stereocenters. The fourth-order valence-corrected chi connectivity index (χ4v) is 5.49. The van der Waals surface area contributed by atoms with Gasteiger partial charge in [-0.15, -0.1) is 0 Å². The van der Waals surface area contributed by atoms with Crippen molar-refractivity contribution in [2.45, 2.75) is 45.3 Å². The zero-order valence-electron chi connectivity index (χ0n) is 27.5. The number of carboxylic acid groups (broad SMARTS) is 1. The Hall–Kier alpha value is -2.88. The van der Waals surface area contributed by atoms with Gasteiger partial charge in [0.05, 0.1) is 33.7 Å². The van der Waals surface area contributed by atoms with Gasteiger partial charge in [-0.05, 0) is 48.4 Å². The molecule has 1 aliphatic heterocycles. The number of rotatable bonds is 15. The Labute approximate surface area is 321 Å². The molecule has 0 aliphatic carbocycles. The standard InChI is InChI=1S/C35H41ClN2O9.Ac/c1-35(2,21-39)20-38-27-14-11-23(36)18-26(27)32(25-7-5-8-28(44-3)33(25)45-4)47-29(34(38)43)19-30(40)37-15-6-16-46-24-12-9-22(10-13-24)17-31(41)42;/h5,7-14,18,29,32,39H,6,15-17,19-21H2,1-4H3,(H,37,40)(H,41,42);/t29-,32-;/m1./s1. The van der Waals surface area contributed by atoms with E-state index in [0.29, 0.717) is 64.2 Å². The number of benzene rings is 3. The average molecular weight is 896 g/mol. The number of carbonyl (C=O) groups is 3. The van der Waals surface area contributed by atoms with E-state index in [9.17, 15) is 19.5 Å². The van der Waals surface area contributed by atoms with Crippen LogP contribution in [0.2, 0.25) is 5.02 Å². The molecule has 1 heterocycles. The van der Waals surface area contributed by atoms with Crippen molar-refractivity contribution in [3.05, 3.63) is 82.4 Å². The minimum absolute atomic E-state index is 0. The second-order valence-corrected chi connectivity index (χ2v) is 12.4. The summed E-state index contributed by atoms with van der Waals surface area (Å²) in [7, 11) is 3.04. The van der Waals surface area contributed by atoms with Gasteiger partial charge in [0.2, 0.25) is 5.91 Å². The number of anilines is 1. The summed E-state index contributed by atoms with van der Waals surface area (Å²) in [6, 6.07) is 17.3. The van der Waals surface area contributed by atoms with Gasteiger partial charge in [0.25, 0.3) is 5.91 Å². The van der Waals surface area contributed by atoms with E-state index >= 15 is 0 Å². The number of methoxy groups -OCH3 is 2. The van der Waals surface area contributed by atoms with Crippen molar-refractivity contribution in [1.82, 2.24) is 5.32 Å². The molecule has 0 unspecified atom stereocenters. The van der Waals surface area contributed by atoms with Gasteiger partial charge in [-0.3, -0.25) is 14.4 Å². The Morgan fingerprint density at radius 1 is 1.04 bits per heavy atom. The molecule has 1 radical (unpaired) electrons. The van der Waals surface area contributed by atoms with E-state index < -0.39 is 29.5 Å². The summed E-state index contributed by atoms with van der Waals surface area (Å²) in [6.07, 6.45) is -1.87. The Balaban J connectivity index is 0.00000625. The zero-order valence-corrected chi connectivity index (χ0v) is 33.0. The van der Waals surface area contributed by atoms with Crippen LogP contribution in [0.1, 0.15) is 49.5 Å². The number of aliphatic hydroxyl groups excluding tert-OH is 1. The first kappa shape index (κ1) is 39.6. The van der Waals surface area contributed by atoms with Crippen LogP contribution in [0.25, 0.3) is 0 Å². The van der Waals surface area contributed by atoms with Gasteiger partial charge in [0.1, 0.15) is 18.0 Å². The maximum atomic E-state index is 14.2. The molecule has 11 nitrogen and oxygen atoms in total. The summed E-state index contributed by atoms with van der Waals surface area (Å²) >= 11 is 6.48. The Kier molecular flexibility index (Phi) is 15.0. The molecular weight excluding hydrogens is 855 g/mol. The van der Waals surface area contributed by atoms with Crippen LogP contribution >= 0.6 is 11.6 Å². The number of carbonyl (C=O) groups excluding carboxylic acids is 2. The summed E-state index contributed by atoms with van der Waals surface area (Å²) in [4.78, 5) is 39.8. The largest absolute Gasteiger partial charge is 0.494 e. The van der Waals surface area contributed by atoms with Crippen molar-refractivity contribution in [1.29, 1.82) is 0 Å². The Morgan fingerprint density at radius 3 is 2.42 bits per heavy atom. The third-order valence-corrected chi connectivity index (χ3v) is 7.93. The number of nitrogens with one attached hydrogen (secondary N) is 1. The summed E-state index contributed by atoms with van der Waals surface area (Å²) in [6.45, 7) is 4.29. The van der Waals surface area contributed by atoms with Crippen LogP contribution in [-0.2, 0) is 25.5 Å². The first-order chi connectivity index (χ1) is 22.5. The molecule has 4 rings (SSSR count). The predicted octanol–water partition coefficient (Wildman–Crippen LogP) is 4.80. The van der Waals surface area contributed by atoms with Crippen LogP contribution in [0.3, 0.4) is 0 Å². The van der Waals surface area contributed by atoms with E-state index in [1.54, 1.807) is 59.5 Å². The van der Waals surface area contributed by atoms with Crippen LogP contribution in [0.5, 0.6) is 17.2 Å². The normalized spacial score (nSPS) is 15.9. The van der Waals surface area contributed by atoms with Gasteiger partial charge in [-0.25, -0.2) is 0 Å². The number of aliphatic hydroxyl groups is 1. The van der Waals surface area contributed by atoms with Gasteiger partial charge in [0, 0.05) is 91.0 Å². The maximum Gasteiger partial charge on any atom is 0.307 e. The number of carboxylic acids is 1. The first-order valence-electron chi connectivity index (χ1n) is 15.2. The van der Waals surface area contributed by atoms with Gasteiger partial charge < -0.3 is 39.4 Å². The quantitative estimate of drug-likeness (QED) is 0.184. The van der Waals surface area contributed by atoms with E-state index in [1.807, 2.05) is 19.9 Å². The zero-order chi connectivity index (χ0) is 34.1. The van der Waals surface area contributed by atoms with Gasteiger partial charge in [-0.2, -0.15) is 0 Å². The Morgan fingerprint density at radius 2 is 1.77 bits per heavy atom. The number of amides is 2. The summed E-state index contributed by atoms with van der Waals surface area (Å²) < 4.78 is 23.5. The van der Waals surface area contributed by atoms with E-state index in [4.69, 9.17) is 35.7 Å². The average Bonchev–Trinajstić information content (AvgIpc) is 3.14. The van der Waals surface area contributed by atoms with Crippen LogP contribution in [0.4, 0.5) is 5.69 Å². The monoisotopic (exact) mass is 895 g/mol. The van der Waals surface area contributed by atoms with E-state index in [2.05, 4.69) is 5.32 Å². The number of hydrogen-bond donors (Lipinski definition) is 3. The van der Waals surface area contributed by atoms with Crippen LogP contribution < -0.4 is 24.4 Å². The van der Waals surface area contributed by atoms with Crippen molar-refractivity contribution in [3.8, 4) is 17.2 Å². The number of ether oxygens (including phenoxy) is 4. The molecule has 3 aromatic carbocycles. The van der Waals surface area contributed by atoms with Crippen molar-refractivity contribution < 1.29 is 87.6 Å². The van der Waals surface area contributed by atoms with Crippen molar-refractivity contribution in [2.24, 2.45) is 5.41 Å². The molecule has 0 spiro atoms. The number of aliphatic carboxylic acids is 1. The molecule has 0 bridgehead atoms. The molecule has 0 saturated heterocycles. The summed E-state index contributed by atoms with van der Waals surface area (Å²) in [5, 5.41) is 22.3. The van der Waals surface area contributed by atoms with E-state index in [-0.39, 0.29) is 76.0 Å². The number of nitrogens with zero attached hydrogens (tertiary/aromatic N) is 1. The maximum absolute atomic E-state index is 14.2. The van der Waals surface area contributed by atoms with Gasteiger partial charge >= 0.3 is 5.97 Å². The van der Waals surface area contributed by atoms with Crippen LogP contribution in [-0.4, -0.2) is 74.6 Å². The smallest absolute Gasteiger partial charge is 0.307 e. The number of para-hydroxylation sites is 1. The fraction of sp³-hybridized carbons (Fsp3) is 0.400. The molecule has 0 aromatic heterocycles. The molecule has 255 valence electrons. The molecule has 0 fully saturated rings.